The molecule has 2 heterocycles. The van der Waals surface area contributed by atoms with Crippen LogP contribution in [0.5, 0.6) is 0 Å². The molecule has 2 aliphatic rings. The SMILES string of the molecule is CC(C)C(=O)N1CCC(C(=O)N2CCCCc3cc(Cl)ccc32)CC1. The molecular weight excluding hydrogens is 336 g/mol. The Kier molecular flexibility index (Phi) is 5.67. The van der Waals surface area contributed by atoms with E-state index in [-0.39, 0.29) is 23.7 Å². The third-order valence-corrected chi connectivity index (χ3v) is 5.56. The number of hydrogen-bond donors (Lipinski definition) is 0. The van der Waals surface area contributed by atoms with Crippen LogP contribution < -0.4 is 4.90 Å². The summed E-state index contributed by atoms with van der Waals surface area (Å²) in [4.78, 5) is 29.2. The number of rotatable bonds is 2. The molecule has 3 rings (SSSR count). The summed E-state index contributed by atoms with van der Waals surface area (Å²) in [5.41, 5.74) is 2.19. The first-order valence-electron chi connectivity index (χ1n) is 9.36. The van der Waals surface area contributed by atoms with Gasteiger partial charge in [0, 0.05) is 42.2 Å². The molecule has 0 bridgehead atoms. The fourth-order valence-electron chi connectivity index (χ4n) is 3.88. The van der Waals surface area contributed by atoms with Crippen molar-refractivity contribution in [1.82, 2.24) is 4.90 Å². The van der Waals surface area contributed by atoms with E-state index >= 15 is 0 Å². The van der Waals surface area contributed by atoms with Crippen LogP contribution in [0.25, 0.3) is 0 Å². The maximum Gasteiger partial charge on any atom is 0.230 e. The second-order valence-corrected chi connectivity index (χ2v) is 7.91. The van der Waals surface area contributed by atoms with Crippen LogP contribution in [0.2, 0.25) is 5.02 Å². The summed E-state index contributed by atoms with van der Waals surface area (Å²) >= 11 is 6.14. The summed E-state index contributed by atoms with van der Waals surface area (Å²) in [5.74, 6) is 0.440. The number of benzene rings is 1. The lowest BCUT2D eigenvalue weighted by Crippen LogP contribution is -2.45. The minimum Gasteiger partial charge on any atom is -0.342 e. The smallest absolute Gasteiger partial charge is 0.230 e. The molecule has 25 heavy (non-hydrogen) atoms. The zero-order valence-corrected chi connectivity index (χ0v) is 15.9. The van der Waals surface area contributed by atoms with E-state index in [4.69, 9.17) is 11.6 Å². The Hall–Kier alpha value is -1.55. The van der Waals surface area contributed by atoms with Gasteiger partial charge in [0.1, 0.15) is 0 Å². The summed E-state index contributed by atoms with van der Waals surface area (Å²) < 4.78 is 0. The minimum atomic E-state index is 0.0119. The number of piperidine rings is 1. The standard InChI is InChI=1S/C20H27ClN2O2/c1-14(2)19(24)22-11-8-15(9-12-22)20(25)23-10-4-3-5-16-13-17(21)6-7-18(16)23/h6-7,13-15H,3-5,8-12H2,1-2H3. The highest BCUT2D eigenvalue weighted by molar-refractivity contribution is 6.30. The summed E-state index contributed by atoms with van der Waals surface area (Å²) in [7, 11) is 0. The highest BCUT2D eigenvalue weighted by atomic mass is 35.5. The van der Waals surface area contributed by atoms with Gasteiger partial charge in [-0.1, -0.05) is 25.4 Å². The number of likely N-dealkylation sites (tertiary alicyclic amines) is 1. The Morgan fingerprint density at radius 3 is 2.52 bits per heavy atom. The molecule has 2 amide bonds. The monoisotopic (exact) mass is 362 g/mol. The zero-order valence-electron chi connectivity index (χ0n) is 15.1. The van der Waals surface area contributed by atoms with E-state index in [9.17, 15) is 9.59 Å². The van der Waals surface area contributed by atoms with Crippen LogP contribution in [-0.4, -0.2) is 36.3 Å². The van der Waals surface area contributed by atoms with Crippen molar-refractivity contribution in [3.8, 4) is 0 Å². The van der Waals surface area contributed by atoms with Gasteiger partial charge < -0.3 is 9.80 Å². The van der Waals surface area contributed by atoms with Gasteiger partial charge in [-0.25, -0.2) is 0 Å². The van der Waals surface area contributed by atoms with E-state index in [1.165, 1.54) is 5.56 Å². The van der Waals surface area contributed by atoms with Crippen molar-refractivity contribution in [2.45, 2.75) is 46.0 Å². The van der Waals surface area contributed by atoms with Gasteiger partial charge in [0.15, 0.2) is 0 Å². The third kappa shape index (κ3) is 4.00. The van der Waals surface area contributed by atoms with Crippen LogP contribution >= 0.6 is 11.6 Å². The second-order valence-electron chi connectivity index (χ2n) is 7.47. The van der Waals surface area contributed by atoms with E-state index < -0.39 is 0 Å². The van der Waals surface area contributed by atoms with Crippen molar-refractivity contribution in [3.05, 3.63) is 28.8 Å². The molecule has 1 aromatic rings. The van der Waals surface area contributed by atoms with E-state index in [0.717, 1.165) is 49.4 Å². The van der Waals surface area contributed by atoms with Crippen molar-refractivity contribution in [2.75, 3.05) is 24.5 Å². The Labute approximate surface area is 155 Å². The molecule has 0 aliphatic carbocycles. The van der Waals surface area contributed by atoms with Crippen LogP contribution in [0, 0.1) is 11.8 Å². The molecule has 0 saturated carbocycles. The number of nitrogens with zero attached hydrogens (tertiary/aromatic N) is 2. The molecule has 0 aromatic heterocycles. The summed E-state index contributed by atoms with van der Waals surface area (Å²) in [6.07, 6.45) is 4.59. The molecular formula is C20H27ClN2O2. The Morgan fingerprint density at radius 2 is 1.84 bits per heavy atom. The fourth-order valence-corrected chi connectivity index (χ4v) is 4.08. The van der Waals surface area contributed by atoms with E-state index in [2.05, 4.69) is 0 Å². The molecule has 5 heteroatoms. The van der Waals surface area contributed by atoms with Crippen LogP contribution in [0.3, 0.4) is 0 Å². The molecule has 0 unspecified atom stereocenters. The number of carbonyl (C=O) groups is 2. The summed E-state index contributed by atoms with van der Waals surface area (Å²) in [5, 5.41) is 0.730. The lowest BCUT2D eigenvalue weighted by atomic mass is 9.94. The van der Waals surface area contributed by atoms with Gasteiger partial charge >= 0.3 is 0 Å². The Balaban J connectivity index is 1.71. The Morgan fingerprint density at radius 1 is 1.12 bits per heavy atom. The molecule has 0 spiro atoms. The van der Waals surface area contributed by atoms with E-state index in [1.54, 1.807) is 0 Å². The van der Waals surface area contributed by atoms with Gasteiger partial charge in [-0.2, -0.15) is 0 Å². The molecule has 0 atom stereocenters. The van der Waals surface area contributed by atoms with Crippen LogP contribution in [0.15, 0.2) is 18.2 Å². The van der Waals surface area contributed by atoms with Crippen molar-refractivity contribution >= 4 is 29.1 Å². The molecule has 1 saturated heterocycles. The number of aryl methyl sites for hydroxylation is 1. The van der Waals surface area contributed by atoms with Crippen LogP contribution in [0.4, 0.5) is 5.69 Å². The van der Waals surface area contributed by atoms with Gasteiger partial charge in [0.05, 0.1) is 0 Å². The largest absolute Gasteiger partial charge is 0.342 e. The lowest BCUT2D eigenvalue weighted by Gasteiger charge is -2.35. The maximum absolute atomic E-state index is 13.2. The lowest BCUT2D eigenvalue weighted by molar-refractivity contribution is -0.137. The average molecular weight is 363 g/mol. The fraction of sp³-hybridized carbons (Fsp3) is 0.600. The third-order valence-electron chi connectivity index (χ3n) is 5.33. The van der Waals surface area contributed by atoms with Crippen LogP contribution in [0.1, 0.15) is 45.1 Å². The second kappa shape index (κ2) is 7.77. The number of fused-ring (bicyclic) bond motifs is 1. The highest BCUT2D eigenvalue weighted by Crippen LogP contribution is 2.31. The number of hydrogen-bond acceptors (Lipinski definition) is 2. The predicted molar refractivity (Wildman–Crippen MR) is 101 cm³/mol. The van der Waals surface area contributed by atoms with Gasteiger partial charge in [-0.3, -0.25) is 9.59 Å². The van der Waals surface area contributed by atoms with E-state index in [0.29, 0.717) is 13.1 Å². The van der Waals surface area contributed by atoms with Crippen molar-refractivity contribution < 1.29 is 9.59 Å². The molecule has 136 valence electrons. The maximum atomic E-state index is 13.2. The highest BCUT2D eigenvalue weighted by Gasteiger charge is 2.32. The molecule has 4 nitrogen and oxygen atoms in total. The molecule has 1 fully saturated rings. The van der Waals surface area contributed by atoms with Gasteiger partial charge in [0.2, 0.25) is 11.8 Å². The van der Waals surface area contributed by atoms with E-state index in [1.807, 2.05) is 41.8 Å². The first-order chi connectivity index (χ1) is 12.0. The number of carbonyl (C=O) groups excluding carboxylic acids is 2. The normalized spacial score (nSPS) is 18.9. The van der Waals surface area contributed by atoms with Gasteiger partial charge in [-0.05, 0) is 55.9 Å². The number of halogens is 1. The quantitative estimate of drug-likeness (QED) is 0.800. The average Bonchev–Trinajstić information content (AvgIpc) is 2.82. The van der Waals surface area contributed by atoms with Crippen LogP contribution in [-0.2, 0) is 16.0 Å². The van der Waals surface area contributed by atoms with Gasteiger partial charge in [-0.15, -0.1) is 0 Å². The van der Waals surface area contributed by atoms with Crippen molar-refractivity contribution in [1.29, 1.82) is 0 Å². The van der Waals surface area contributed by atoms with Crippen molar-refractivity contribution in [3.63, 3.8) is 0 Å². The number of amides is 2. The number of anilines is 1. The summed E-state index contributed by atoms with van der Waals surface area (Å²) in [6, 6.07) is 5.85. The first-order valence-corrected chi connectivity index (χ1v) is 9.73. The Bertz CT molecular complexity index is 651. The molecule has 0 radical (unpaired) electrons. The predicted octanol–water partition coefficient (Wildman–Crippen LogP) is 3.90. The first kappa shape index (κ1) is 18.2. The zero-order chi connectivity index (χ0) is 18.0. The topological polar surface area (TPSA) is 40.6 Å². The molecule has 1 aromatic carbocycles. The molecule has 2 aliphatic heterocycles. The minimum absolute atomic E-state index is 0.0119. The van der Waals surface area contributed by atoms with Crippen molar-refractivity contribution in [2.24, 2.45) is 11.8 Å². The summed E-state index contributed by atoms with van der Waals surface area (Å²) in [6.45, 7) is 6.01. The molecule has 0 N–H and O–H groups in total. The van der Waals surface area contributed by atoms with Gasteiger partial charge in [0.25, 0.3) is 0 Å².